The predicted octanol–water partition coefficient (Wildman–Crippen LogP) is 0.936. The SMILES string of the molecule is CCCCN/C=C(/C#N)C(=O)NCCCOC. The van der Waals surface area contributed by atoms with Crippen LogP contribution < -0.4 is 10.6 Å². The molecular formula is C12H21N3O2. The van der Waals surface area contributed by atoms with Gasteiger partial charge in [-0.3, -0.25) is 4.79 Å². The Balaban J connectivity index is 3.91. The van der Waals surface area contributed by atoms with Crippen LogP contribution in [0, 0.1) is 11.3 Å². The highest BCUT2D eigenvalue weighted by Crippen LogP contribution is 1.91. The van der Waals surface area contributed by atoms with Gasteiger partial charge in [0.05, 0.1) is 0 Å². The largest absolute Gasteiger partial charge is 0.390 e. The number of hydrogen-bond acceptors (Lipinski definition) is 4. The van der Waals surface area contributed by atoms with Crippen LogP contribution in [0.15, 0.2) is 11.8 Å². The van der Waals surface area contributed by atoms with Gasteiger partial charge in [0.25, 0.3) is 5.91 Å². The van der Waals surface area contributed by atoms with Crippen LogP contribution in [0.25, 0.3) is 0 Å². The van der Waals surface area contributed by atoms with Crippen molar-refractivity contribution in [3.05, 3.63) is 11.8 Å². The van der Waals surface area contributed by atoms with Gasteiger partial charge in [-0.1, -0.05) is 13.3 Å². The molecule has 0 unspecified atom stereocenters. The number of methoxy groups -OCH3 is 1. The van der Waals surface area contributed by atoms with Gasteiger partial charge < -0.3 is 15.4 Å². The van der Waals surface area contributed by atoms with Gasteiger partial charge >= 0.3 is 0 Å². The van der Waals surface area contributed by atoms with E-state index in [1.807, 2.05) is 6.07 Å². The maximum atomic E-state index is 11.5. The highest BCUT2D eigenvalue weighted by molar-refractivity contribution is 5.97. The standard InChI is InChI=1S/C12H21N3O2/c1-3-4-6-14-10-11(9-13)12(16)15-7-5-8-17-2/h10,14H,3-8H2,1-2H3,(H,15,16)/b11-10-. The lowest BCUT2D eigenvalue weighted by molar-refractivity contribution is -0.117. The Morgan fingerprint density at radius 3 is 2.76 bits per heavy atom. The maximum Gasteiger partial charge on any atom is 0.263 e. The zero-order chi connectivity index (χ0) is 12.9. The summed E-state index contributed by atoms with van der Waals surface area (Å²) in [7, 11) is 1.61. The van der Waals surface area contributed by atoms with Crippen molar-refractivity contribution >= 4 is 5.91 Å². The van der Waals surface area contributed by atoms with Gasteiger partial charge in [-0.15, -0.1) is 0 Å². The lowest BCUT2D eigenvalue weighted by Crippen LogP contribution is -2.27. The number of unbranched alkanes of at least 4 members (excludes halogenated alkanes) is 1. The van der Waals surface area contributed by atoms with Crippen molar-refractivity contribution in [3.8, 4) is 6.07 Å². The van der Waals surface area contributed by atoms with Crippen molar-refractivity contribution in [1.29, 1.82) is 5.26 Å². The highest BCUT2D eigenvalue weighted by Gasteiger charge is 2.06. The first-order chi connectivity index (χ1) is 8.26. The summed E-state index contributed by atoms with van der Waals surface area (Å²) in [6, 6.07) is 1.87. The molecule has 0 rings (SSSR count). The van der Waals surface area contributed by atoms with E-state index in [0.717, 1.165) is 25.8 Å². The molecule has 0 aliphatic rings. The van der Waals surface area contributed by atoms with Crippen molar-refractivity contribution in [1.82, 2.24) is 10.6 Å². The monoisotopic (exact) mass is 239 g/mol. The summed E-state index contributed by atoms with van der Waals surface area (Å²) >= 11 is 0. The van der Waals surface area contributed by atoms with Crippen LogP contribution in [0.5, 0.6) is 0 Å². The van der Waals surface area contributed by atoms with Crippen LogP contribution in [0.1, 0.15) is 26.2 Å². The molecule has 0 aliphatic heterocycles. The molecule has 0 bridgehead atoms. The number of hydrogen-bond donors (Lipinski definition) is 2. The fourth-order valence-corrected chi connectivity index (χ4v) is 1.12. The fraction of sp³-hybridized carbons (Fsp3) is 0.667. The molecule has 1 amide bonds. The van der Waals surface area contributed by atoms with Gasteiger partial charge in [0.1, 0.15) is 11.6 Å². The molecule has 0 heterocycles. The smallest absolute Gasteiger partial charge is 0.263 e. The van der Waals surface area contributed by atoms with Gasteiger partial charge in [0.15, 0.2) is 0 Å². The quantitative estimate of drug-likeness (QED) is 0.357. The maximum absolute atomic E-state index is 11.5. The molecule has 0 fully saturated rings. The average Bonchev–Trinajstić information content (AvgIpc) is 2.34. The zero-order valence-corrected chi connectivity index (χ0v) is 10.6. The van der Waals surface area contributed by atoms with E-state index in [9.17, 15) is 4.79 Å². The second kappa shape index (κ2) is 11.0. The Bertz CT molecular complexity index is 282. The van der Waals surface area contributed by atoms with Crippen LogP contribution >= 0.6 is 0 Å². The zero-order valence-electron chi connectivity index (χ0n) is 10.6. The first-order valence-corrected chi connectivity index (χ1v) is 5.87. The summed E-state index contributed by atoms with van der Waals surface area (Å²) in [4.78, 5) is 11.5. The highest BCUT2D eigenvalue weighted by atomic mass is 16.5. The Kier molecular flexibility index (Phi) is 9.97. The van der Waals surface area contributed by atoms with E-state index >= 15 is 0 Å². The summed E-state index contributed by atoms with van der Waals surface area (Å²) in [6.07, 6.45) is 4.31. The predicted molar refractivity (Wildman–Crippen MR) is 66.1 cm³/mol. The summed E-state index contributed by atoms with van der Waals surface area (Å²) in [6.45, 7) is 3.97. The fourth-order valence-electron chi connectivity index (χ4n) is 1.12. The van der Waals surface area contributed by atoms with Gasteiger partial charge in [-0.2, -0.15) is 5.26 Å². The number of amides is 1. The normalized spacial score (nSPS) is 10.8. The Morgan fingerprint density at radius 1 is 1.41 bits per heavy atom. The first kappa shape index (κ1) is 15.5. The summed E-state index contributed by atoms with van der Waals surface area (Å²) in [5, 5.41) is 14.4. The third-order valence-corrected chi connectivity index (χ3v) is 2.10. The Hall–Kier alpha value is -1.54. The van der Waals surface area contributed by atoms with Crippen LogP contribution in [-0.4, -0.2) is 32.7 Å². The van der Waals surface area contributed by atoms with Crippen LogP contribution in [0.3, 0.4) is 0 Å². The molecule has 5 heteroatoms. The van der Waals surface area contributed by atoms with Crippen LogP contribution in [-0.2, 0) is 9.53 Å². The second-order valence-corrected chi connectivity index (χ2v) is 3.58. The van der Waals surface area contributed by atoms with Gasteiger partial charge in [0.2, 0.25) is 0 Å². The summed E-state index contributed by atoms with van der Waals surface area (Å²) in [5.41, 5.74) is 0.110. The van der Waals surface area contributed by atoms with Crippen LogP contribution in [0.2, 0.25) is 0 Å². The molecule has 0 saturated heterocycles. The van der Waals surface area contributed by atoms with Gasteiger partial charge in [0, 0.05) is 33.0 Å². The molecule has 5 nitrogen and oxygen atoms in total. The lowest BCUT2D eigenvalue weighted by Gasteiger charge is -2.04. The van der Waals surface area contributed by atoms with E-state index in [4.69, 9.17) is 10.00 Å². The molecule has 0 aromatic heterocycles. The minimum Gasteiger partial charge on any atom is -0.390 e. The van der Waals surface area contributed by atoms with Gasteiger partial charge in [-0.05, 0) is 12.8 Å². The topological polar surface area (TPSA) is 74.2 Å². The molecule has 0 aromatic carbocycles. The van der Waals surface area contributed by atoms with Crippen molar-refractivity contribution in [2.45, 2.75) is 26.2 Å². The molecular weight excluding hydrogens is 218 g/mol. The third kappa shape index (κ3) is 8.29. The van der Waals surface area contributed by atoms with E-state index in [1.54, 1.807) is 7.11 Å². The van der Waals surface area contributed by atoms with Crippen molar-refractivity contribution < 1.29 is 9.53 Å². The third-order valence-electron chi connectivity index (χ3n) is 2.10. The van der Waals surface area contributed by atoms with E-state index < -0.39 is 0 Å². The molecule has 0 aromatic rings. The molecule has 96 valence electrons. The average molecular weight is 239 g/mol. The Labute approximate surface area is 103 Å². The van der Waals surface area contributed by atoms with Gasteiger partial charge in [-0.25, -0.2) is 0 Å². The molecule has 0 radical (unpaired) electrons. The number of nitrogens with zero attached hydrogens (tertiary/aromatic N) is 1. The summed E-state index contributed by atoms with van der Waals surface area (Å²) in [5.74, 6) is -0.340. The molecule has 0 spiro atoms. The van der Waals surface area contributed by atoms with Crippen molar-refractivity contribution in [2.75, 3.05) is 26.8 Å². The van der Waals surface area contributed by atoms with E-state index in [2.05, 4.69) is 17.6 Å². The van der Waals surface area contributed by atoms with E-state index in [0.29, 0.717) is 13.2 Å². The first-order valence-electron chi connectivity index (χ1n) is 5.87. The van der Waals surface area contributed by atoms with E-state index in [1.165, 1.54) is 6.20 Å². The second-order valence-electron chi connectivity index (χ2n) is 3.58. The number of carbonyl (C=O) groups excluding carboxylic acids is 1. The molecule has 17 heavy (non-hydrogen) atoms. The molecule has 0 saturated carbocycles. The minimum absolute atomic E-state index is 0.110. The van der Waals surface area contributed by atoms with Crippen molar-refractivity contribution in [3.63, 3.8) is 0 Å². The number of rotatable bonds is 9. The lowest BCUT2D eigenvalue weighted by atomic mass is 10.3. The molecule has 2 N–H and O–H groups in total. The van der Waals surface area contributed by atoms with E-state index in [-0.39, 0.29) is 11.5 Å². The Morgan fingerprint density at radius 2 is 2.18 bits per heavy atom. The number of nitrogens with one attached hydrogen (secondary N) is 2. The minimum atomic E-state index is -0.340. The summed E-state index contributed by atoms with van der Waals surface area (Å²) < 4.78 is 4.86. The molecule has 0 atom stereocenters. The number of ether oxygens (including phenoxy) is 1. The number of carbonyl (C=O) groups is 1. The molecule has 0 aliphatic carbocycles. The van der Waals surface area contributed by atoms with Crippen molar-refractivity contribution in [2.24, 2.45) is 0 Å². The van der Waals surface area contributed by atoms with Crippen LogP contribution in [0.4, 0.5) is 0 Å². The number of nitriles is 1.